The molecule has 1 aliphatic rings. The Morgan fingerprint density at radius 3 is 2.25 bits per heavy atom. The van der Waals surface area contributed by atoms with Crippen LogP contribution in [0.2, 0.25) is 0 Å². The van der Waals surface area contributed by atoms with Crippen molar-refractivity contribution >= 4 is 43.9 Å². The van der Waals surface area contributed by atoms with Crippen molar-refractivity contribution < 1.29 is 32.5 Å². The Balaban J connectivity index is 1.55. The van der Waals surface area contributed by atoms with Crippen LogP contribution >= 0.6 is 0 Å². The number of aromatic amines is 1. The topological polar surface area (TPSA) is 134 Å². The number of nitrogens with one attached hydrogen (secondary N) is 1. The van der Waals surface area contributed by atoms with Gasteiger partial charge in [-0.05, 0) is 44.2 Å². The van der Waals surface area contributed by atoms with Crippen molar-refractivity contribution in [2.45, 2.75) is 13.8 Å². The van der Waals surface area contributed by atoms with Gasteiger partial charge in [-0.2, -0.15) is 0 Å². The first-order chi connectivity index (χ1) is 21.2. The third-order valence-electron chi connectivity index (χ3n) is 7.15. The Kier molecular flexibility index (Phi) is 9.40. The second-order valence-corrected chi connectivity index (χ2v) is 12.1. The Labute approximate surface area is 256 Å². The molecule has 1 amide bonds. The standard InChI is InChI=1S/C32H36N4O7S/c1-4-42-27-19-25-26(20-28(27)43-5-2)34-32(38)30(25)31(22-9-7-6-8-10-22)33-23-11-13-24(14-12-23)36(44(3,39)40)21-29(37)35-15-17-41-18-16-35/h6-14,19-20,34,38H,4-5,15-18,21H2,1-3H3. The van der Waals surface area contributed by atoms with E-state index in [0.29, 0.717) is 84.6 Å². The zero-order valence-electron chi connectivity index (χ0n) is 24.9. The predicted molar refractivity (Wildman–Crippen MR) is 170 cm³/mol. The van der Waals surface area contributed by atoms with Crippen LogP contribution in [-0.4, -0.2) is 87.3 Å². The molecule has 0 unspecified atom stereocenters. The Morgan fingerprint density at radius 2 is 1.64 bits per heavy atom. The number of carbonyl (C=O) groups is 1. The van der Waals surface area contributed by atoms with Crippen LogP contribution in [-0.2, 0) is 19.6 Å². The van der Waals surface area contributed by atoms with Gasteiger partial charge in [0.2, 0.25) is 15.9 Å². The lowest BCUT2D eigenvalue weighted by molar-refractivity contribution is -0.133. The van der Waals surface area contributed by atoms with Crippen molar-refractivity contribution in [3.05, 3.63) is 77.9 Å². The van der Waals surface area contributed by atoms with Gasteiger partial charge in [-0.25, -0.2) is 13.4 Å². The highest BCUT2D eigenvalue weighted by molar-refractivity contribution is 7.92. The van der Waals surface area contributed by atoms with Gasteiger partial charge in [0.25, 0.3) is 0 Å². The van der Waals surface area contributed by atoms with E-state index in [-0.39, 0.29) is 18.3 Å². The van der Waals surface area contributed by atoms with E-state index in [1.54, 1.807) is 35.2 Å². The van der Waals surface area contributed by atoms with Crippen LogP contribution in [0.4, 0.5) is 11.4 Å². The van der Waals surface area contributed by atoms with Crippen molar-refractivity contribution in [3.8, 4) is 17.4 Å². The maximum absolute atomic E-state index is 12.9. The number of hydrogen-bond acceptors (Lipinski definition) is 8. The summed E-state index contributed by atoms with van der Waals surface area (Å²) < 4.78 is 43.4. The molecule has 4 aromatic rings. The maximum atomic E-state index is 12.9. The summed E-state index contributed by atoms with van der Waals surface area (Å²) >= 11 is 0. The number of aromatic nitrogens is 1. The molecule has 232 valence electrons. The van der Waals surface area contributed by atoms with E-state index in [1.807, 2.05) is 50.2 Å². The number of ether oxygens (including phenoxy) is 3. The maximum Gasteiger partial charge on any atom is 0.243 e. The minimum absolute atomic E-state index is 0.0693. The van der Waals surface area contributed by atoms with Gasteiger partial charge in [-0.3, -0.25) is 9.10 Å². The molecule has 0 saturated carbocycles. The SMILES string of the molecule is CCOc1cc2[nH]c(O)c(C(=Nc3ccc(N(CC(=O)N4CCOCC4)S(C)(=O)=O)cc3)c3ccccc3)c2cc1OCC. The molecule has 0 aliphatic carbocycles. The molecule has 11 nitrogen and oxygen atoms in total. The summed E-state index contributed by atoms with van der Waals surface area (Å²) in [4.78, 5) is 22.5. The number of hydrogen-bond donors (Lipinski definition) is 2. The molecule has 0 spiro atoms. The third kappa shape index (κ3) is 6.81. The number of aromatic hydroxyl groups is 1. The van der Waals surface area contributed by atoms with Crippen LogP contribution in [0.1, 0.15) is 25.0 Å². The van der Waals surface area contributed by atoms with E-state index in [1.165, 1.54) is 0 Å². The molecule has 44 heavy (non-hydrogen) atoms. The second-order valence-electron chi connectivity index (χ2n) is 10.2. The zero-order valence-corrected chi connectivity index (χ0v) is 25.8. The first-order valence-electron chi connectivity index (χ1n) is 14.4. The first kappa shape index (κ1) is 30.9. The minimum Gasteiger partial charge on any atom is -0.494 e. The van der Waals surface area contributed by atoms with Crippen LogP contribution in [0.5, 0.6) is 17.4 Å². The normalized spacial score (nSPS) is 14.1. The molecule has 0 atom stereocenters. The van der Waals surface area contributed by atoms with Crippen LogP contribution < -0.4 is 13.8 Å². The number of anilines is 1. The lowest BCUT2D eigenvalue weighted by atomic mass is 10.0. The molecule has 1 saturated heterocycles. The van der Waals surface area contributed by atoms with Gasteiger partial charge in [0.05, 0.1) is 60.8 Å². The average Bonchev–Trinajstić information content (AvgIpc) is 3.33. The number of sulfonamides is 1. The summed E-state index contributed by atoms with van der Waals surface area (Å²) in [6.07, 6.45) is 1.08. The van der Waals surface area contributed by atoms with Crippen LogP contribution in [0, 0.1) is 0 Å². The van der Waals surface area contributed by atoms with Gasteiger partial charge in [0.1, 0.15) is 6.54 Å². The summed E-state index contributed by atoms with van der Waals surface area (Å²) in [7, 11) is -3.75. The first-order valence-corrected chi connectivity index (χ1v) is 16.3. The lowest BCUT2D eigenvalue weighted by Crippen LogP contribution is -2.47. The van der Waals surface area contributed by atoms with Gasteiger partial charge < -0.3 is 29.2 Å². The number of rotatable bonds is 11. The monoisotopic (exact) mass is 620 g/mol. The van der Waals surface area contributed by atoms with E-state index in [2.05, 4.69) is 4.98 Å². The van der Waals surface area contributed by atoms with Gasteiger partial charge in [0.15, 0.2) is 17.4 Å². The van der Waals surface area contributed by atoms with Gasteiger partial charge in [-0.15, -0.1) is 0 Å². The fourth-order valence-electron chi connectivity index (χ4n) is 5.08. The van der Waals surface area contributed by atoms with Crippen molar-refractivity contribution in [2.24, 2.45) is 4.99 Å². The molecule has 0 bridgehead atoms. The summed E-state index contributed by atoms with van der Waals surface area (Å²) in [5, 5.41) is 11.8. The number of benzene rings is 3. The van der Waals surface area contributed by atoms with Gasteiger partial charge in [0, 0.05) is 30.1 Å². The van der Waals surface area contributed by atoms with Crippen molar-refractivity contribution in [1.29, 1.82) is 0 Å². The van der Waals surface area contributed by atoms with Crippen LogP contribution in [0.15, 0.2) is 71.7 Å². The number of fused-ring (bicyclic) bond motifs is 1. The molecule has 1 aromatic heterocycles. The van der Waals surface area contributed by atoms with Gasteiger partial charge >= 0.3 is 0 Å². The van der Waals surface area contributed by atoms with Crippen LogP contribution in [0.3, 0.4) is 0 Å². The highest BCUT2D eigenvalue weighted by Crippen LogP contribution is 2.39. The molecular weight excluding hydrogens is 584 g/mol. The lowest BCUT2D eigenvalue weighted by Gasteiger charge is -2.30. The van der Waals surface area contributed by atoms with Gasteiger partial charge in [-0.1, -0.05) is 30.3 Å². The quantitative estimate of drug-likeness (QED) is 0.237. The molecule has 1 aliphatic heterocycles. The highest BCUT2D eigenvalue weighted by atomic mass is 32.2. The molecule has 2 heterocycles. The van der Waals surface area contributed by atoms with E-state index >= 15 is 0 Å². The number of amides is 1. The Morgan fingerprint density at radius 1 is 1.00 bits per heavy atom. The number of morpholine rings is 1. The molecule has 5 rings (SSSR count). The fraction of sp³-hybridized carbons (Fsp3) is 0.312. The van der Waals surface area contributed by atoms with E-state index in [0.717, 1.165) is 16.1 Å². The summed E-state index contributed by atoms with van der Waals surface area (Å²) in [5.74, 6) is 0.749. The predicted octanol–water partition coefficient (Wildman–Crippen LogP) is 4.46. The molecule has 12 heteroatoms. The van der Waals surface area contributed by atoms with Crippen molar-refractivity contribution in [2.75, 3.05) is 56.6 Å². The number of nitrogens with zero attached hydrogens (tertiary/aromatic N) is 3. The molecule has 0 radical (unpaired) electrons. The molecular formula is C32H36N4O7S. The zero-order chi connectivity index (χ0) is 31.3. The molecule has 2 N–H and O–H groups in total. The number of H-pyrrole nitrogens is 1. The minimum atomic E-state index is -3.75. The number of aliphatic imine (C=N–C) groups is 1. The molecule has 1 fully saturated rings. The Hall–Kier alpha value is -4.55. The van der Waals surface area contributed by atoms with E-state index in [4.69, 9.17) is 19.2 Å². The summed E-state index contributed by atoms with van der Waals surface area (Å²) in [6, 6.07) is 19.7. The smallest absolute Gasteiger partial charge is 0.243 e. The largest absolute Gasteiger partial charge is 0.494 e. The summed E-state index contributed by atoms with van der Waals surface area (Å²) in [5.41, 5.74) is 3.24. The van der Waals surface area contributed by atoms with E-state index < -0.39 is 10.0 Å². The second kappa shape index (κ2) is 13.4. The molecule has 3 aromatic carbocycles. The number of carbonyl (C=O) groups excluding carboxylic acids is 1. The third-order valence-corrected chi connectivity index (χ3v) is 8.29. The average molecular weight is 621 g/mol. The van der Waals surface area contributed by atoms with E-state index in [9.17, 15) is 18.3 Å². The van der Waals surface area contributed by atoms with Crippen LogP contribution in [0.25, 0.3) is 10.9 Å². The summed E-state index contributed by atoms with van der Waals surface area (Å²) in [6.45, 7) is 6.05. The highest BCUT2D eigenvalue weighted by Gasteiger charge is 2.26. The van der Waals surface area contributed by atoms with Crippen molar-refractivity contribution in [3.63, 3.8) is 0 Å². The fourth-order valence-corrected chi connectivity index (χ4v) is 5.93. The van der Waals surface area contributed by atoms with Crippen molar-refractivity contribution in [1.82, 2.24) is 9.88 Å². The Bertz CT molecular complexity index is 1750.